The monoisotopic (exact) mass is 263 g/mol. The van der Waals surface area contributed by atoms with Crippen molar-refractivity contribution in [3.63, 3.8) is 0 Å². The molecule has 106 valence electrons. The van der Waals surface area contributed by atoms with Gasteiger partial charge in [0, 0.05) is 18.2 Å². The zero-order chi connectivity index (χ0) is 14.4. The number of hydrogen-bond acceptors (Lipinski definition) is 2. The average molecular weight is 263 g/mol. The van der Waals surface area contributed by atoms with E-state index < -0.39 is 0 Å². The third-order valence-electron chi connectivity index (χ3n) is 3.33. The zero-order valence-electron chi connectivity index (χ0n) is 12.4. The molecule has 3 nitrogen and oxygen atoms in total. The van der Waals surface area contributed by atoms with E-state index in [1.165, 1.54) is 0 Å². The molecule has 0 saturated heterocycles. The lowest BCUT2D eigenvalue weighted by molar-refractivity contribution is 0.0701. The number of unbranched alkanes of at least 4 members (excludes halogenated alkanes) is 2. The molecule has 1 aromatic carbocycles. The van der Waals surface area contributed by atoms with E-state index >= 15 is 0 Å². The number of carbonyl (C=O) groups is 1. The molecule has 0 heterocycles. The smallest absolute Gasteiger partial charge is 0.254 e. The predicted octanol–water partition coefficient (Wildman–Crippen LogP) is 3.74. The number of carbonyl (C=O) groups excluding carboxylic acids is 1. The molecule has 0 bridgehead atoms. The topological polar surface area (TPSA) is 40.5 Å². The summed E-state index contributed by atoms with van der Waals surface area (Å²) in [6.07, 6.45) is 3.33. The molecule has 0 spiro atoms. The first kappa shape index (κ1) is 15.5. The van der Waals surface area contributed by atoms with Gasteiger partial charge in [0.25, 0.3) is 5.91 Å². The third-order valence-corrected chi connectivity index (χ3v) is 3.33. The molecular formula is C16H25NO2. The minimum absolute atomic E-state index is 0.0589. The van der Waals surface area contributed by atoms with Crippen LogP contribution in [-0.4, -0.2) is 28.5 Å². The van der Waals surface area contributed by atoms with Crippen LogP contribution >= 0.6 is 0 Å². The quantitative estimate of drug-likeness (QED) is 0.794. The largest absolute Gasteiger partial charge is 0.508 e. The van der Waals surface area contributed by atoms with Crippen LogP contribution in [0.25, 0.3) is 0 Å². The van der Waals surface area contributed by atoms with Crippen molar-refractivity contribution in [3.05, 3.63) is 29.3 Å². The second-order valence-corrected chi connectivity index (χ2v) is 5.30. The lowest BCUT2D eigenvalue weighted by Crippen LogP contribution is -2.38. The van der Waals surface area contributed by atoms with Crippen molar-refractivity contribution >= 4 is 5.91 Å². The minimum atomic E-state index is 0.0589. The number of phenolic OH excluding ortho intramolecular Hbond substituents is 1. The Balaban J connectivity index is 2.86. The molecule has 0 fully saturated rings. The van der Waals surface area contributed by atoms with Gasteiger partial charge in [-0.1, -0.05) is 19.8 Å². The average Bonchev–Trinajstić information content (AvgIpc) is 2.33. The molecule has 19 heavy (non-hydrogen) atoms. The van der Waals surface area contributed by atoms with Crippen molar-refractivity contribution in [3.8, 4) is 5.75 Å². The number of aromatic hydroxyl groups is 1. The number of hydrogen-bond donors (Lipinski definition) is 1. The summed E-state index contributed by atoms with van der Waals surface area (Å²) in [5.74, 6) is 0.264. The Labute approximate surface area is 116 Å². The van der Waals surface area contributed by atoms with E-state index in [1.54, 1.807) is 18.2 Å². The zero-order valence-corrected chi connectivity index (χ0v) is 12.4. The van der Waals surface area contributed by atoms with Gasteiger partial charge in [-0.15, -0.1) is 0 Å². The maximum Gasteiger partial charge on any atom is 0.254 e. The fraction of sp³-hybridized carbons (Fsp3) is 0.562. The first-order chi connectivity index (χ1) is 8.97. The molecule has 1 amide bonds. The van der Waals surface area contributed by atoms with Gasteiger partial charge in [0.2, 0.25) is 0 Å². The molecule has 0 aliphatic rings. The maximum absolute atomic E-state index is 12.6. The first-order valence-corrected chi connectivity index (χ1v) is 7.08. The van der Waals surface area contributed by atoms with Crippen molar-refractivity contribution in [1.82, 2.24) is 4.90 Å². The number of amides is 1. The van der Waals surface area contributed by atoms with Crippen LogP contribution in [0.3, 0.4) is 0 Å². The lowest BCUT2D eigenvalue weighted by atomic mass is 10.1. The fourth-order valence-electron chi connectivity index (χ4n) is 2.17. The van der Waals surface area contributed by atoms with Crippen LogP contribution in [0.15, 0.2) is 18.2 Å². The van der Waals surface area contributed by atoms with E-state index in [0.29, 0.717) is 5.56 Å². The standard InChI is InChI=1S/C16H25NO2/c1-5-6-7-10-17(12(2)3)16(19)15-9-8-14(18)11-13(15)4/h8-9,11-12,18H,5-7,10H2,1-4H3. The second kappa shape index (κ2) is 7.17. The highest BCUT2D eigenvalue weighted by Crippen LogP contribution is 2.18. The summed E-state index contributed by atoms with van der Waals surface area (Å²) in [5, 5.41) is 9.42. The van der Waals surface area contributed by atoms with Crippen LogP contribution in [0.5, 0.6) is 5.75 Å². The van der Waals surface area contributed by atoms with Crippen LogP contribution in [0, 0.1) is 6.92 Å². The Morgan fingerprint density at radius 1 is 1.32 bits per heavy atom. The number of nitrogens with zero attached hydrogens (tertiary/aromatic N) is 1. The number of benzene rings is 1. The van der Waals surface area contributed by atoms with E-state index in [1.807, 2.05) is 25.7 Å². The van der Waals surface area contributed by atoms with Crippen molar-refractivity contribution in [2.45, 2.75) is 53.0 Å². The summed E-state index contributed by atoms with van der Waals surface area (Å²) in [6, 6.07) is 5.11. The summed E-state index contributed by atoms with van der Waals surface area (Å²) in [6.45, 7) is 8.90. The fourth-order valence-corrected chi connectivity index (χ4v) is 2.17. The van der Waals surface area contributed by atoms with Gasteiger partial charge in [-0.3, -0.25) is 4.79 Å². The molecule has 3 heteroatoms. The van der Waals surface area contributed by atoms with Gasteiger partial charge in [0.05, 0.1) is 0 Å². The van der Waals surface area contributed by atoms with Crippen molar-refractivity contribution in [1.29, 1.82) is 0 Å². The Bertz CT molecular complexity index is 427. The van der Waals surface area contributed by atoms with Crippen molar-refractivity contribution < 1.29 is 9.90 Å². The lowest BCUT2D eigenvalue weighted by Gasteiger charge is -2.27. The molecule has 1 aromatic rings. The number of phenols is 1. The molecule has 0 atom stereocenters. The van der Waals surface area contributed by atoms with Gasteiger partial charge in [-0.05, 0) is 51.0 Å². The van der Waals surface area contributed by atoms with Gasteiger partial charge >= 0.3 is 0 Å². The molecule has 0 aromatic heterocycles. The highest BCUT2D eigenvalue weighted by atomic mass is 16.3. The summed E-state index contributed by atoms with van der Waals surface area (Å²) < 4.78 is 0. The van der Waals surface area contributed by atoms with Gasteiger partial charge in [-0.2, -0.15) is 0 Å². The van der Waals surface area contributed by atoms with Crippen LogP contribution < -0.4 is 0 Å². The molecular weight excluding hydrogens is 238 g/mol. The molecule has 1 N–H and O–H groups in total. The van der Waals surface area contributed by atoms with Crippen molar-refractivity contribution in [2.24, 2.45) is 0 Å². The molecule has 0 radical (unpaired) electrons. The Morgan fingerprint density at radius 2 is 2.00 bits per heavy atom. The van der Waals surface area contributed by atoms with E-state index in [-0.39, 0.29) is 17.7 Å². The van der Waals surface area contributed by atoms with E-state index in [9.17, 15) is 9.90 Å². The van der Waals surface area contributed by atoms with Crippen LogP contribution in [0.1, 0.15) is 56.0 Å². The molecule has 1 rings (SSSR count). The van der Waals surface area contributed by atoms with E-state index in [2.05, 4.69) is 6.92 Å². The summed E-state index contributed by atoms with van der Waals surface area (Å²) >= 11 is 0. The van der Waals surface area contributed by atoms with Gasteiger partial charge in [-0.25, -0.2) is 0 Å². The second-order valence-electron chi connectivity index (χ2n) is 5.30. The van der Waals surface area contributed by atoms with Crippen LogP contribution in [0.4, 0.5) is 0 Å². The maximum atomic E-state index is 12.6. The van der Waals surface area contributed by atoms with Crippen molar-refractivity contribution in [2.75, 3.05) is 6.54 Å². The first-order valence-electron chi connectivity index (χ1n) is 7.08. The van der Waals surface area contributed by atoms with Gasteiger partial charge < -0.3 is 10.0 Å². The molecule has 0 saturated carbocycles. The van der Waals surface area contributed by atoms with E-state index in [0.717, 1.165) is 31.4 Å². The SMILES string of the molecule is CCCCCN(C(=O)c1ccc(O)cc1C)C(C)C. The molecule has 0 unspecified atom stereocenters. The van der Waals surface area contributed by atoms with Crippen LogP contribution in [0.2, 0.25) is 0 Å². The summed E-state index contributed by atoms with van der Waals surface area (Å²) in [4.78, 5) is 14.5. The van der Waals surface area contributed by atoms with E-state index in [4.69, 9.17) is 0 Å². The summed E-state index contributed by atoms with van der Waals surface area (Å²) in [7, 11) is 0. The highest BCUT2D eigenvalue weighted by Gasteiger charge is 2.19. The Morgan fingerprint density at radius 3 is 2.53 bits per heavy atom. The highest BCUT2D eigenvalue weighted by molar-refractivity contribution is 5.96. The molecule has 0 aliphatic carbocycles. The third kappa shape index (κ3) is 4.27. The number of rotatable bonds is 6. The van der Waals surface area contributed by atoms with Crippen LogP contribution in [-0.2, 0) is 0 Å². The normalized spacial score (nSPS) is 10.8. The summed E-state index contributed by atoms with van der Waals surface area (Å²) in [5.41, 5.74) is 1.51. The predicted molar refractivity (Wildman–Crippen MR) is 78.5 cm³/mol. The minimum Gasteiger partial charge on any atom is -0.508 e. The van der Waals surface area contributed by atoms with Gasteiger partial charge in [0.1, 0.15) is 5.75 Å². The Kier molecular flexibility index (Phi) is 5.87. The molecule has 0 aliphatic heterocycles. The number of aryl methyl sites for hydroxylation is 1. The van der Waals surface area contributed by atoms with Gasteiger partial charge in [0.15, 0.2) is 0 Å². The Hall–Kier alpha value is -1.51.